The van der Waals surface area contributed by atoms with Crippen molar-refractivity contribution < 1.29 is 18.3 Å². The van der Waals surface area contributed by atoms with E-state index in [1.807, 2.05) is 18.2 Å². The quantitative estimate of drug-likeness (QED) is 0.780. The summed E-state index contributed by atoms with van der Waals surface area (Å²) in [6.45, 7) is 2.01. The summed E-state index contributed by atoms with van der Waals surface area (Å²) >= 11 is 0. The third-order valence-corrected chi connectivity index (χ3v) is 3.64. The molecule has 104 valence electrons. The van der Waals surface area contributed by atoms with Crippen LogP contribution in [0.2, 0.25) is 0 Å². The van der Waals surface area contributed by atoms with Crippen LogP contribution in [-0.2, 0) is 9.53 Å². The van der Waals surface area contributed by atoms with E-state index in [9.17, 15) is 13.6 Å². The topological polar surface area (TPSA) is 26.3 Å². The Morgan fingerprint density at radius 2 is 2.05 bits per heavy atom. The van der Waals surface area contributed by atoms with Crippen LogP contribution in [-0.4, -0.2) is 18.5 Å². The van der Waals surface area contributed by atoms with Crippen LogP contribution in [0.4, 0.5) is 8.78 Å². The van der Waals surface area contributed by atoms with Crippen LogP contribution in [0.3, 0.4) is 0 Å². The second-order valence-corrected chi connectivity index (χ2v) is 4.97. The second kappa shape index (κ2) is 5.68. The summed E-state index contributed by atoms with van der Waals surface area (Å²) in [5.74, 6) is -3.96. The lowest BCUT2D eigenvalue weighted by Crippen LogP contribution is -2.36. The zero-order chi connectivity index (χ0) is 13.9. The zero-order valence-electron chi connectivity index (χ0n) is 10.9. The predicted molar refractivity (Wildman–Crippen MR) is 68.1 cm³/mol. The summed E-state index contributed by atoms with van der Waals surface area (Å²) in [5, 5.41) is 0. The van der Waals surface area contributed by atoms with Crippen LogP contribution in [0.25, 0.3) is 0 Å². The molecule has 1 aromatic carbocycles. The summed E-state index contributed by atoms with van der Waals surface area (Å²) in [6, 6.07) is 9.06. The van der Waals surface area contributed by atoms with Gasteiger partial charge in [0.05, 0.1) is 12.5 Å². The maximum atomic E-state index is 13.6. The SMILES string of the molecule is CCOC(=O)[C@@H]1CCC(F)(F)C[C@H]1c1ccccc1. The Kier molecular flexibility index (Phi) is 4.17. The van der Waals surface area contributed by atoms with E-state index in [2.05, 4.69) is 0 Å². The first-order valence-electron chi connectivity index (χ1n) is 6.63. The van der Waals surface area contributed by atoms with Gasteiger partial charge in [-0.3, -0.25) is 4.79 Å². The van der Waals surface area contributed by atoms with Gasteiger partial charge in [-0.25, -0.2) is 8.78 Å². The van der Waals surface area contributed by atoms with Crippen LogP contribution in [0.1, 0.15) is 37.7 Å². The van der Waals surface area contributed by atoms with Crippen molar-refractivity contribution in [2.45, 2.75) is 38.0 Å². The highest BCUT2D eigenvalue weighted by atomic mass is 19.3. The summed E-state index contributed by atoms with van der Waals surface area (Å²) in [7, 11) is 0. The molecule has 1 aliphatic carbocycles. The van der Waals surface area contributed by atoms with Gasteiger partial charge in [0.15, 0.2) is 0 Å². The van der Waals surface area contributed by atoms with E-state index in [0.29, 0.717) is 0 Å². The molecule has 0 spiro atoms. The largest absolute Gasteiger partial charge is 0.466 e. The minimum absolute atomic E-state index is 0.186. The fourth-order valence-electron chi connectivity index (χ4n) is 2.72. The standard InChI is InChI=1S/C15H18F2O2/c1-2-19-14(18)12-8-9-15(16,17)10-13(12)11-6-4-3-5-7-11/h3-7,12-13H,2,8-10H2,1H3/t12-,13+/m1/s1. The smallest absolute Gasteiger partial charge is 0.309 e. The number of rotatable bonds is 3. The highest BCUT2D eigenvalue weighted by molar-refractivity contribution is 5.74. The Labute approximate surface area is 111 Å². The van der Waals surface area contributed by atoms with Crippen molar-refractivity contribution in [1.29, 1.82) is 0 Å². The van der Waals surface area contributed by atoms with Gasteiger partial charge in [0.2, 0.25) is 5.92 Å². The average Bonchev–Trinajstić information content (AvgIpc) is 2.39. The highest BCUT2D eigenvalue weighted by Crippen LogP contribution is 2.45. The molecule has 1 saturated carbocycles. The van der Waals surface area contributed by atoms with Crippen molar-refractivity contribution >= 4 is 5.97 Å². The maximum absolute atomic E-state index is 13.6. The number of carbonyl (C=O) groups is 1. The van der Waals surface area contributed by atoms with E-state index < -0.39 is 17.8 Å². The van der Waals surface area contributed by atoms with E-state index in [-0.39, 0.29) is 31.8 Å². The molecule has 0 N–H and O–H groups in total. The van der Waals surface area contributed by atoms with Crippen LogP contribution in [0.15, 0.2) is 30.3 Å². The van der Waals surface area contributed by atoms with Crippen LogP contribution >= 0.6 is 0 Å². The van der Waals surface area contributed by atoms with E-state index in [1.54, 1.807) is 19.1 Å². The molecule has 1 aromatic rings. The van der Waals surface area contributed by atoms with Gasteiger partial charge in [-0.1, -0.05) is 30.3 Å². The molecule has 0 saturated heterocycles. The van der Waals surface area contributed by atoms with E-state index in [4.69, 9.17) is 4.74 Å². The van der Waals surface area contributed by atoms with Crippen molar-refractivity contribution in [3.63, 3.8) is 0 Å². The molecule has 0 radical (unpaired) electrons. The van der Waals surface area contributed by atoms with Crippen molar-refractivity contribution in [3.8, 4) is 0 Å². The highest BCUT2D eigenvalue weighted by Gasteiger charge is 2.45. The third-order valence-electron chi connectivity index (χ3n) is 3.64. The lowest BCUT2D eigenvalue weighted by molar-refractivity contribution is -0.153. The first-order chi connectivity index (χ1) is 9.03. The summed E-state index contributed by atoms with van der Waals surface area (Å²) in [6.07, 6.45) is -0.328. The van der Waals surface area contributed by atoms with Crippen LogP contribution in [0.5, 0.6) is 0 Å². The fourth-order valence-corrected chi connectivity index (χ4v) is 2.72. The van der Waals surface area contributed by atoms with Gasteiger partial charge in [-0.15, -0.1) is 0 Å². The lowest BCUT2D eigenvalue weighted by Gasteiger charge is -2.34. The van der Waals surface area contributed by atoms with Crippen LogP contribution < -0.4 is 0 Å². The number of ether oxygens (including phenoxy) is 1. The Balaban J connectivity index is 2.24. The van der Waals surface area contributed by atoms with E-state index in [0.717, 1.165) is 5.56 Å². The molecule has 1 fully saturated rings. The summed E-state index contributed by atoms with van der Waals surface area (Å²) in [4.78, 5) is 11.9. The molecule has 2 rings (SSSR count). The zero-order valence-corrected chi connectivity index (χ0v) is 10.9. The summed E-state index contributed by atoms with van der Waals surface area (Å²) < 4.78 is 32.2. The van der Waals surface area contributed by atoms with Gasteiger partial charge >= 0.3 is 5.97 Å². The Hall–Kier alpha value is -1.45. The monoisotopic (exact) mass is 268 g/mol. The number of esters is 1. The second-order valence-electron chi connectivity index (χ2n) is 4.97. The molecule has 0 aromatic heterocycles. The molecule has 19 heavy (non-hydrogen) atoms. The van der Waals surface area contributed by atoms with E-state index in [1.165, 1.54) is 0 Å². The molecule has 2 atom stereocenters. The predicted octanol–water partition coefficient (Wildman–Crippen LogP) is 3.77. The number of carbonyl (C=O) groups excluding carboxylic acids is 1. The molecule has 4 heteroatoms. The Bertz CT molecular complexity index is 431. The fraction of sp³-hybridized carbons (Fsp3) is 0.533. The number of hydrogen-bond acceptors (Lipinski definition) is 2. The van der Waals surface area contributed by atoms with Crippen molar-refractivity contribution in [3.05, 3.63) is 35.9 Å². The molecule has 2 nitrogen and oxygen atoms in total. The van der Waals surface area contributed by atoms with Gasteiger partial charge in [-0.2, -0.15) is 0 Å². The van der Waals surface area contributed by atoms with Crippen molar-refractivity contribution in [2.24, 2.45) is 5.92 Å². The number of benzene rings is 1. The normalized spacial score (nSPS) is 25.8. The van der Waals surface area contributed by atoms with Gasteiger partial charge in [0.1, 0.15) is 0 Å². The molecular formula is C15H18F2O2. The van der Waals surface area contributed by atoms with Gasteiger partial charge in [-0.05, 0) is 18.9 Å². The number of hydrogen-bond donors (Lipinski definition) is 0. The summed E-state index contributed by atoms with van der Waals surface area (Å²) in [5.41, 5.74) is 0.792. The first kappa shape index (κ1) is 14.0. The maximum Gasteiger partial charge on any atom is 0.309 e. The molecule has 0 heterocycles. The van der Waals surface area contributed by atoms with Crippen molar-refractivity contribution in [2.75, 3.05) is 6.61 Å². The number of halogens is 2. The Morgan fingerprint density at radius 1 is 1.37 bits per heavy atom. The first-order valence-corrected chi connectivity index (χ1v) is 6.63. The molecule has 0 amide bonds. The molecular weight excluding hydrogens is 250 g/mol. The Morgan fingerprint density at radius 3 is 2.68 bits per heavy atom. The lowest BCUT2D eigenvalue weighted by atomic mass is 9.74. The van der Waals surface area contributed by atoms with Gasteiger partial charge in [0, 0.05) is 18.8 Å². The molecule has 0 aliphatic heterocycles. The average molecular weight is 268 g/mol. The molecule has 0 unspecified atom stereocenters. The minimum Gasteiger partial charge on any atom is -0.466 e. The van der Waals surface area contributed by atoms with Gasteiger partial charge < -0.3 is 4.74 Å². The van der Waals surface area contributed by atoms with E-state index >= 15 is 0 Å². The van der Waals surface area contributed by atoms with Gasteiger partial charge in [0.25, 0.3) is 0 Å². The third kappa shape index (κ3) is 3.31. The number of alkyl halides is 2. The molecule has 1 aliphatic rings. The minimum atomic E-state index is -2.69. The van der Waals surface area contributed by atoms with Crippen LogP contribution in [0, 0.1) is 5.92 Å². The van der Waals surface area contributed by atoms with Crippen molar-refractivity contribution in [1.82, 2.24) is 0 Å². The molecule has 0 bridgehead atoms.